The van der Waals surface area contributed by atoms with E-state index in [1.165, 1.54) is 16.8 Å². The van der Waals surface area contributed by atoms with Crippen molar-refractivity contribution in [3.63, 3.8) is 0 Å². The van der Waals surface area contributed by atoms with Gasteiger partial charge in [-0.2, -0.15) is 18.3 Å². The highest BCUT2D eigenvalue weighted by Gasteiger charge is 2.41. The number of nitrogens with zero attached hydrogens (tertiary/aromatic N) is 2. The largest absolute Gasteiger partial charge is 0.436 e. The minimum Gasteiger partial charge on any atom is -0.267 e. The normalized spacial score (nSPS) is 15.3. The van der Waals surface area contributed by atoms with Crippen molar-refractivity contribution in [2.45, 2.75) is 42.8 Å². The van der Waals surface area contributed by atoms with Crippen LogP contribution in [0.3, 0.4) is 0 Å². The number of sulfonamides is 1. The van der Waals surface area contributed by atoms with Crippen molar-refractivity contribution in [1.29, 1.82) is 0 Å². The number of benzene rings is 1. The Morgan fingerprint density at radius 2 is 1.89 bits per heavy atom. The van der Waals surface area contributed by atoms with Crippen LogP contribution < -0.4 is 4.72 Å². The number of aromatic nitrogens is 2. The van der Waals surface area contributed by atoms with Crippen LogP contribution in [-0.2, 0) is 22.7 Å². The fourth-order valence-corrected chi connectivity index (χ4v) is 4.42. The summed E-state index contributed by atoms with van der Waals surface area (Å²) in [6.07, 6.45) is -2.78. The highest BCUT2D eigenvalue weighted by Crippen LogP contribution is 2.46. The maximum atomic E-state index is 13.0. The summed E-state index contributed by atoms with van der Waals surface area (Å²) in [6, 6.07) is 6.14. The summed E-state index contributed by atoms with van der Waals surface area (Å²) in [5.41, 5.74) is -0.693. The van der Waals surface area contributed by atoms with Gasteiger partial charge in [0, 0.05) is 23.5 Å². The third-order valence-electron chi connectivity index (χ3n) is 4.13. The van der Waals surface area contributed by atoms with Crippen LogP contribution in [0.2, 0.25) is 5.02 Å². The van der Waals surface area contributed by atoms with E-state index in [2.05, 4.69) is 25.8 Å². The molecule has 1 N–H and O–H groups in total. The number of hydrogen-bond donors (Lipinski definition) is 1. The van der Waals surface area contributed by atoms with Crippen LogP contribution in [0.25, 0.3) is 0 Å². The van der Waals surface area contributed by atoms with Gasteiger partial charge in [-0.1, -0.05) is 27.5 Å². The van der Waals surface area contributed by atoms with Crippen LogP contribution in [0.5, 0.6) is 0 Å². The predicted octanol–water partition coefficient (Wildman–Crippen LogP) is 4.56. The average molecular weight is 487 g/mol. The molecule has 0 atom stereocenters. The first-order chi connectivity index (χ1) is 12.6. The van der Waals surface area contributed by atoms with E-state index >= 15 is 0 Å². The molecule has 1 aliphatic carbocycles. The second kappa shape index (κ2) is 7.73. The molecule has 0 unspecified atom stereocenters. The van der Waals surface area contributed by atoms with Gasteiger partial charge in [-0.15, -0.1) is 0 Å². The van der Waals surface area contributed by atoms with Crippen molar-refractivity contribution < 1.29 is 21.6 Å². The van der Waals surface area contributed by atoms with Crippen LogP contribution in [0, 0.1) is 0 Å². The molecular weight excluding hydrogens is 471 g/mol. The van der Waals surface area contributed by atoms with Gasteiger partial charge in [0.1, 0.15) is 0 Å². The summed E-state index contributed by atoms with van der Waals surface area (Å²) in [5, 5.41) is 3.27. The molecule has 0 aliphatic heterocycles. The summed E-state index contributed by atoms with van der Waals surface area (Å²) in [4.78, 5) is 0.117. The number of rotatable bonds is 7. The van der Waals surface area contributed by atoms with Crippen molar-refractivity contribution in [3.8, 4) is 0 Å². The zero-order chi connectivity index (χ0) is 19.8. The second-order valence-corrected chi connectivity index (χ2v) is 9.31. The van der Waals surface area contributed by atoms with Crippen LogP contribution in [-0.4, -0.2) is 24.7 Å². The first-order valence-electron chi connectivity index (χ1n) is 8.18. The summed E-state index contributed by atoms with van der Waals surface area (Å²) in [5.74, 6) is -0.0134. The molecule has 0 radical (unpaired) electrons. The van der Waals surface area contributed by atoms with Gasteiger partial charge in [0.25, 0.3) is 0 Å². The molecule has 0 bridgehead atoms. The van der Waals surface area contributed by atoms with Gasteiger partial charge in [-0.05, 0) is 43.5 Å². The van der Waals surface area contributed by atoms with Gasteiger partial charge < -0.3 is 0 Å². The summed E-state index contributed by atoms with van der Waals surface area (Å²) in [7, 11) is -3.68. The zero-order valence-corrected chi connectivity index (χ0v) is 17.1. The van der Waals surface area contributed by atoms with E-state index in [1.807, 2.05) is 0 Å². The summed E-state index contributed by atoms with van der Waals surface area (Å²) >= 11 is 9.14. The van der Waals surface area contributed by atoms with Gasteiger partial charge in [-0.3, -0.25) is 4.68 Å². The van der Waals surface area contributed by atoms with Gasteiger partial charge >= 0.3 is 6.18 Å². The molecule has 0 amide bonds. The van der Waals surface area contributed by atoms with Crippen molar-refractivity contribution in [1.82, 2.24) is 14.5 Å². The Hall–Kier alpha value is -1.10. The topological polar surface area (TPSA) is 64.0 Å². The van der Waals surface area contributed by atoms with Gasteiger partial charge in [0.05, 0.1) is 15.6 Å². The fraction of sp³-hybridized carbons (Fsp3) is 0.438. The van der Waals surface area contributed by atoms with Gasteiger partial charge in [0.15, 0.2) is 5.69 Å². The molecule has 27 heavy (non-hydrogen) atoms. The molecule has 5 nitrogen and oxygen atoms in total. The Bertz CT molecular complexity index is 926. The highest BCUT2D eigenvalue weighted by atomic mass is 79.9. The van der Waals surface area contributed by atoms with E-state index < -0.39 is 21.9 Å². The Labute approximate surface area is 168 Å². The smallest absolute Gasteiger partial charge is 0.267 e. The molecule has 0 spiro atoms. The predicted molar refractivity (Wildman–Crippen MR) is 98.2 cm³/mol. The molecule has 1 fully saturated rings. The van der Waals surface area contributed by atoms with Crippen molar-refractivity contribution in [2.75, 3.05) is 6.54 Å². The molecule has 3 rings (SSSR count). The summed E-state index contributed by atoms with van der Waals surface area (Å²) < 4.78 is 68.0. The minimum atomic E-state index is -4.62. The molecule has 1 heterocycles. The number of hydrogen-bond acceptors (Lipinski definition) is 3. The molecule has 1 aliphatic rings. The van der Waals surface area contributed by atoms with E-state index in [1.54, 1.807) is 12.1 Å². The first-order valence-corrected chi connectivity index (χ1v) is 10.8. The molecule has 1 aromatic carbocycles. The number of halogens is 5. The molecule has 148 valence electrons. The van der Waals surface area contributed by atoms with Crippen molar-refractivity contribution >= 4 is 37.6 Å². The maximum absolute atomic E-state index is 13.0. The number of nitrogens with one attached hydrogen (secondary N) is 1. The second-order valence-electron chi connectivity index (χ2n) is 6.25. The summed E-state index contributed by atoms with van der Waals surface area (Å²) in [6.45, 7) is 0.214. The standard InChI is InChI=1S/C16H16BrClF3N3O2S/c17-11-4-6-12(7-5-11)27(25,26)22-8-1-9-24-14(10-2-3-10)13(18)15(23-24)16(19,20)21/h4-7,10,22H,1-3,8-9H2. The fourth-order valence-electron chi connectivity index (χ4n) is 2.68. The van der Waals surface area contributed by atoms with E-state index in [0.29, 0.717) is 5.69 Å². The highest BCUT2D eigenvalue weighted by molar-refractivity contribution is 9.10. The van der Waals surface area contributed by atoms with E-state index in [0.717, 1.165) is 17.3 Å². The SMILES string of the molecule is O=S(=O)(NCCCn1nc(C(F)(F)F)c(Cl)c1C1CC1)c1ccc(Br)cc1. The Kier molecular flexibility index (Phi) is 5.90. The lowest BCUT2D eigenvalue weighted by molar-refractivity contribution is -0.141. The molecule has 1 saturated carbocycles. The Morgan fingerprint density at radius 3 is 2.44 bits per heavy atom. The van der Waals surface area contributed by atoms with Crippen molar-refractivity contribution in [2.24, 2.45) is 0 Å². The van der Waals surface area contributed by atoms with Crippen LogP contribution >= 0.6 is 27.5 Å². The molecule has 1 aromatic heterocycles. The number of aryl methyl sites for hydroxylation is 1. The Balaban J connectivity index is 1.65. The van der Waals surface area contributed by atoms with E-state index in [-0.39, 0.29) is 35.3 Å². The molecule has 11 heteroatoms. The van der Waals surface area contributed by atoms with Gasteiger partial charge in [0.2, 0.25) is 10.0 Å². The third-order valence-corrected chi connectivity index (χ3v) is 6.51. The monoisotopic (exact) mass is 485 g/mol. The van der Waals surface area contributed by atoms with Crippen LogP contribution in [0.15, 0.2) is 33.6 Å². The van der Waals surface area contributed by atoms with Crippen molar-refractivity contribution in [3.05, 3.63) is 45.1 Å². The lowest BCUT2D eigenvalue weighted by Crippen LogP contribution is -2.25. The minimum absolute atomic E-state index is 0.0134. The van der Waals surface area contributed by atoms with E-state index in [4.69, 9.17) is 11.6 Å². The quantitative estimate of drug-likeness (QED) is 0.584. The molecule has 0 saturated heterocycles. The lowest BCUT2D eigenvalue weighted by Gasteiger charge is -2.09. The van der Waals surface area contributed by atoms with Crippen LogP contribution in [0.4, 0.5) is 13.2 Å². The average Bonchev–Trinajstić information content (AvgIpc) is 3.34. The number of alkyl halides is 3. The Morgan fingerprint density at radius 1 is 1.26 bits per heavy atom. The van der Waals surface area contributed by atoms with E-state index in [9.17, 15) is 21.6 Å². The van der Waals surface area contributed by atoms with Crippen LogP contribution in [0.1, 0.15) is 36.6 Å². The zero-order valence-electron chi connectivity index (χ0n) is 13.9. The first kappa shape index (κ1) is 20.6. The lowest BCUT2D eigenvalue weighted by atomic mass is 10.2. The maximum Gasteiger partial charge on any atom is 0.436 e. The third kappa shape index (κ3) is 4.85. The molecular formula is C16H16BrClF3N3O2S. The molecule has 2 aromatic rings. The van der Waals surface area contributed by atoms with Gasteiger partial charge in [-0.25, -0.2) is 13.1 Å².